The molecule has 0 aliphatic heterocycles. The fourth-order valence-corrected chi connectivity index (χ4v) is 1.64. The molecule has 0 spiro atoms. The van der Waals surface area contributed by atoms with Crippen LogP contribution in [-0.2, 0) is 6.54 Å². The molecule has 3 rings (SSSR count). The van der Waals surface area contributed by atoms with Gasteiger partial charge in [0.05, 0.1) is 12.2 Å². The number of hydrogen-bond donors (Lipinski definition) is 1. The van der Waals surface area contributed by atoms with Crippen LogP contribution >= 0.6 is 0 Å². The first-order valence-electron chi connectivity index (χ1n) is 5.35. The molecule has 0 atom stereocenters. The van der Waals surface area contributed by atoms with Crippen molar-refractivity contribution in [3.8, 4) is 17.1 Å². The van der Waals surface area contributed by atoms with Crippen LogP contribution in [0.3, 0.4) is 0 Å². The molecule has 1 aromatic carbocycles. The summed E-state index contributed by atoms with van der Waals surface area (Å²) in [7, 11) is 0. The molecule has 0 saturated carbocycles. The lowest BCUT2D eigenvalue weighted by Crippen LogP contribution is -1.99. The van der Waals surface area contributed by atoms with Crippen molar-refractivity contribution in [2.24, 2.45) is 5.73 Å². The van der Waals surface area contributed by atoms with Crippen LogP contribution < -0.4 is 5.73 Å². The van der Waals surface area contributed by atoms with Crippen LogP contribution in [0.25, 0.3) is 17.1 Å². The largest absolute Gasteiger partial charge is 0.338 e. The zero-order valence-electron chi connectivity index (χ0n) is 9.39. The Morgan fingerprint density at radius 2 is 2.17 bits per heavy atom. The zero-order chi connectivity index (χ0) is 12.4. The Morgan fingerprint density at radius 1 is 1.28 bits per heavy atom. The minimum absolute atomic E-state index is 0.221. The van der Waals surface area contributed by atoms with Gasteiger partial charge in [-0.05, 0) is 12.1 Å². The van der Waals surface area contributed by atoms with Gasteiger partial charge < -0.3 is 10.3 Å². The van der Waals surface area contributed by atoms with E-state index in [1.54, 1.807) is 11.0 Å². The first-order chi connectivity index (χ1) is 8.88. The normalized spacial score (nSPS) is 10.7. The van der Waals surface area contributed by atoms with Crippen molar-refractivity contribution in [2.75, 3.05) is 0 Å². The van der Waals surface area contributed by atoms with Gasteiger partial charge in [0.1, 0.15) is 12.7 Å². The fraction of sp³-hybridized carbons (Fsp3) is 0.0909. The Balaban J connectivity index is 2.12. The van der Waals surface area contributed by atoms with Crippen molar-refractivity contribution in [1.29, 1.82) is 0 Å². The second-order valence-electron chi connectivity index (χ2n) is 3.57. The van der Waals surface area contributed by atoms with Crippen molar-refractivity contribution in [3.05, 3.63) is 42.8 Å². The molecular weight excluding hydrogens is 232 g/mol. The summed E-state index contributed by atoms with van der Waals surface area (Å²) in [6, 6.07) is 7.60. The molecule has 2 aromatic heterocycles. The van der Waals surface area contributed by atoms with Gasteiger partial charge in [0.25, 0.3) is 0 Å². The highest BCUT2D eigenvalue weighted by atomic mass is 16.5. The van der Waals surface area contributed by atoms with Crippen molar-refractivity contribution in [3.63, 3.8) is 0 Å². The van der Waals surface area contributed by atoms with E-state index < -0.39 is 0 Å². The lowest BCUT2D eigenvalue weighted by Gasteiger charge is -2.04. The van der Waals surface area contributed by atoms with Crippen molar-refractivity contribution < 1.29 is 4.52 Å². The van der Waals surface area contributed by atoms with Crippen LogP contribution in [0.2, 0.25) is 0 Å². The second kappa shape index (κ2) is 4.38. The van der Waals surface area contributed by atoms with Gasteiger partial charge in [-0.2, -0.15) is 10.1 Å². The molecule has 7 nitrogen and oxygen atoms in total. The monoisotopic (exact) mass is 242 g/mol. The molecule has 0 radical (unpaired) electrons. The molecule has 0 saturated heterocycles. The minimum Gasteiger partial charge on any atom is -0.338 e. The standard InChI is InChI=1S/C11H10N6O/c12-5-10-15-11(16-18-10)8-3-1-2-4-9(8)17-7-13-6-14-17/h1-4,6-7H,5,12H2. The summed E-state index contributed by atoms with van der Waals surface area (Å²) in [6.45, 7) is 0.221. The molecule has 90 valence electrons. The first-order valence-corrected chi connectivity index (χ1v) is 5.35. The first kappa shape index (κ1) is 10.6. The van der Waals surface area contributed by atoms with Gasteiger partial charge in [-0.15, -0.1) is 0 Å². The predicted octanol–water partition coefficient (Wildman–Crippen LogP) is 0.776. The molecule has 7 heteroatoms. The smallest absolute Gasteiger partial charge is 0.240 e. The maximum Gasteiger partial charge on any atom is 0.240 e. The molecule has 0 aliphatic carbocycles. The topological polar surface area (TPSA) is 95.7 Å². The molecule has 3 aromatic rings. The number of nitrogens with two attached hydrogens (primary N) is 1. The lowest BCUT2D eigenvalue weighted by molar-refractivity contribution is 0.380. The molecular formula is C11H10N6O. The highest BCUT2D eigenvalue weighted by Gasteiger charge is 2.12. The summed E-state index contributed by atoms with van der Waals surface area (Å²) in [5, 5.41) is 7.99. The fourth-order valence-electron chi connectivity index (χ4n) is 1.64. The SMILES string of the molecule is NCc1nc(-c2ccccc2-n2cncn2)no1. The van der Waals surface area contributed by atoms with Gasteiger partial charge in [0.15, 0.2) is 0 Å². The van der Waals surface area contributed by atoms with Crippen LogP contribution in [0.15, 0.2) is 41.4 Å². The van der Waals surface area contributed by atoms with E-state index in [1.165, 1.54) is 6.33 Å². The van der Waals surface area contributed by atoms with Gasteiger partial charge in [-0.25, -0.2) is 9.67 Å². The second-order valence-corrected chi connectivity index (χ2v) is 3.57. The van der Waals surface area contributed by atoms with E-state index in [0.29, 0.717) is 11.7 Å². The van der Waals surface area contributed by atoms with E-state index in [-0.39, 0.29) is 6.54 Å². The molecule has 2 heterocycles. The molecule has 0 fully saturated rings. The molecule has 0 unspecified atom stereocenters. The summed E-state index contributed by atoms with van der Waals surface area (Å²) in [5.74, 6) is 0.889. The summed E-state index contributed by atoms with van der Waals surface area (Å²) in [6.07, 6.45) is 3.08. The van der Waals surface area contributed by atoms with Crippen LogP contribution in [0.1, 0.15) is 5.89 Å². The zero-order valence-corrected chi connectivity index (χ0v) is 9.39. The molecule has 2 N–H and O–H groups in total. The Morgan fingerprint density at radius 3 is 2.89 bits per heavy atom. The van der Waals surface area contributed by atoms with E-state index in [1.807, 2.05) is 24.3 Å². The average Bonchev–Trinajstić information content (AvgIpc) is 3.10. The van der Waals surface area contributed by atoms with E-state index in [0.717, 1.165) is 11.3 Å². The Hall–Kier alpha value is -2.54. The number of para-hydroxylation sites is 1. The third kappa shape index (κ3) is 1.76. The van der Waals surface area contributed by atoms with Crippen LogP contribution in [-0.4, -0.2) is 24.9 Å². The van der Waals surface area contributed by atoms with E-state index >= 15 is 0 Å². The molecule has 0 aliphatic rings. The Kier molecular flexibility index (Phi) is 2.58. The van der Waals surface area contributed by atoms with Gasteiger partial charge in [-0.1, -0.05) is 17.3 Å². The van der Waals surface area contributed by atoms with Crippen molar-refractivity contribution in [1.82, 2.24) is 24.9 Å². The van der Waals surface area contributed by atoms with E-state index in [2.05, 4.69) is 20.2 Å². The van der Waals surface area contributed by atoms with Crippen LogP contribution in [0, 0.1) is 0 Å². The summed E-state index contributed by atoms with van der Waals surface area (Å²) in [4.78, 5) is 8.13. The van der Waals surface area contributed by atoms with E-state index in [9.17, 15) is 0 Å². The van der Waals surface area contributed by atoms with Crippen LogP contribution in [0.5, 0.6) is 0 Å². The quantitative estimate of drug-likeness (QED) is 0.729. The number of aromatic nitrogens is 5. The number of benzene rings is 1. The summed E-state index contributed by atoms with van der Waals surface area (Å²) in [5.41, 5.74) is 7.09. The Labute approximate surface area is 102 Å². The maximum absolute atomic E-state index is 5.45. The average molecular weight is 242 g/mol. The summed E-state index contributed by atoms with van der Waals surface area (Å²) >= 11 is 0. The highest BCUT2D eigenvalue weighted by molar-refractivity contribution is 5.66. The van der Waals surface area contributed by atoms with Gasteiger partial charge >= 0.3 is 0 Å². The van der Waals surface area contributed by atoms with Crippen molar-refractivity contribution in [2.45, 2.75) is 6.54 Å². The number of hydrogen-bond acceptors (Lipinski definition) is 6. The minimum atomic E-state index is 0.221. The maximum atomic E-state index is 5.45. The lowest BCUT2D eigenvalue weighted by atomic mass is 10.1. The van der Waals surface area contributed by atoms with Gasteiger partial charge in [0, 0.05) is 5.56 Å². The predicted molar refractivity (Wildman–Crippen MR) is 62.5 cm³/mol. The van der Waals surface area contributed by atoms with Gasteiger partial charge in [0.2, 0.25) is 11.7 Å². The third-order valence-electron chi connectivity index (χ3n) is 2.45. The Bertz CT molecular complexity index is 645. The van der Waals surface area contributed by atoms with Gasteiger partial charge in [-0.3, -0.25) is 0 Å². The summed E-state index contributed by atoms with van der Waals surface area (Å²) < 4.78 is 6.66. The molecule has 0 bridgehead atoms. The third-order valence-corrected chi connectivity index (χ3v) is 2.45. The molecule has 0 amide bonds. The van der Waals surface area contributed by atoms with Crippen molar-refractivity contribution >= 4 is 0 Å². The number of nitrogens with zero attached hydrogens (tertiary/aromatic N) is 5. The highest BCUT2D eigenvalue weighted by Crippen LogP contribution is 2.23. The molecule has 18 heavy (non-hydrogen) atoms. The van der Waals surface area contributed by atoms with Crippen LogP contribution in [0.4, 0.5) is 0 Å². The number of rotatable bonds is 3. The van der Waals surface area contributed by atoms with E-state index in [4.69, 9.17) is 10.3 Å².